The number of sulfonamides is 1. The first kappa shape index (κ1) is 16.3. The minimum absolute atomic E-state index is 0.117. The monoisotopic (exact) mass is 302 g/mol. The van der Waals surface area contributed by atoms with Crippen LogP contribution < -0.4 is 4.72 Å². The molecule has 0 fully saturated rings. The Labute approximate surface area is 116 Å². The molecule has 0 aliphatic rings. The maximum Gasteiger partial charge on any atom is 0.306 e. The number of nitrogens with one attached hydrogen (secondary N) is 1. The van der Waals surface area contributed by atoms with Crippen LogP contribution in [0, 0.1) is 22.9 Å². The second-order valence-corrected chi connectivity index (χ2v) is 5.82. The van der Waals surface area contributed by atoms with Gasteiger partial charge in [0.2, 0.25) is 15.8 Å². The predicted molar refractivity (Wildman–Crippen MR) is 72.4 cm³/mol. The van der Waals surface area contributed by atoms with Crippen molar-refractivity contribution in [2.75, 3.05) is 6.54 Å². The molecule has 0 unspecified atom stereocenters. The summed E-state index contributed by atoms with van der Waals surface area (Å²) in [6.45, 7) is 3.35. The van der Waals surface area contributed by atoms with Crippen LogP contribution in [-0.4, -0.2) is 19.9 Å². The van der Waals surface area contributed by atoms with E-state index in [4.69, 9.17) is 0 Å². The van der Waals surface area contributed by atoms with Crippen LogP contribution in [-0.2, 0) is 10.0 Å². The van der Waals surface area contributed by atoms with Crippen molar-refractivity contribution in [1.29, 1.82) is 0 Å². The highest BCUT2D eigenvalue weighted by atomic mass is 32.2. The van der Waals surface area contributed by atoms with E-state index in [1.54, 1.807) is 12.2 Å². The first-order chi connectivity index (χ1) is 9.29. The fourth-order valence-electron chi connectivity index (χ4n) is 1.59. The fraction of sp³-hybridized carbons (Fsp3) is 0.333. The Morgan fingerprint density at radius 2 is 2.10 bits per heavy atom. The van der Waals surface area contributed by atoms with Gasteiger partial charge in [-0.2, -0.15) is 4.39 Å². The summed E-state index contributed by atoms with van der Waals surface area (Å²) in [6, 6.07) is 1.58. The van der Waals surface area contributed by atoms with Crippen molar-refractivity contribution in [3.8, 4) is 0 Å². The average molecular weight is 302 g/mol. The van der Waals surface area contributed by atoms with Gasteiger partial charge >= 0.3 is 5.69 Å². The van der Waals surface area contributed by atoms with E-state index in [2.05, 4.69) is 4.72 Å². The van der Waals surface area contributed by atoms with Crippen molar-refractivity contribution in [2.24, 2.45) is 0 Å². The number of hydrogen-bond acceptors (Lipinski definition) is 4. The molecule has 0 bridgehead atoms. The van der Waals surface area contributed by atoms with Crippen molar-refractivity contribution in [2.45, 2.75) is 25.2 Å². The third-order valence-electron chi connectivity index (χ3n) is 2.57. The van der Waals surface area contributed by atoms with E-state index in [1.807, 2.05) is 6.92 Å². The van der Waals surface area contributed by atoms with Gasteiger partial charge in [0.1, 0.15) is 0 Å². The van der Waals surface area contributed by atoms with Gasteiger partial charge < -0.3 is 0 Å². The van der Waals surface area contributed by atoms with Crippen molar-refractivity contribution in [3.63, 3.8) is 0 Å². The number of hydrogen-bond donors (Lipinski definition) is 1. The number of halogens is 1. The van der Waals surface area contributed by atoms with Crippen molar-refractivity contribution in [3.05, 3.63) is 45.8 Å². The normalized spacial score (nSPS) is 11.9. The standard InChI is InChI=1S/C12H15FN2O4S/c1-3-4-5-6-14-20(18,19)12-8-11(15(16)17)10(13)7-9(12)2/h3-4,7-8,14H,5-6H2,1-2H3/b4-3+. The Hall–Kier alpha value is -1.80. The first-order valence-corrected chi connectivity index (χ1v) is 7.33. The molecule has 0 radical (unpaired) electrons. The largest absolute Gasteiger partial charge is 0.306 e. The molecule has 0 spiro atoms. The highest BCUT2D eigenvalue weighted by Crippen LogP contribution is 2.25. The zero-order valence-electron chi connectivity index (χ0n) is 11.1. The second-order valence-electron chi connectivity index (χ2n) is 4.08. The molecule has 20 heavy (non-hydrogen) atoms. The summed E-state index contributed by atoms with van der Waals surface area (Å²) in [6.07, 6.45) is 4.06. The quantitative estimate of drug-likeness (QED) is 0.378. The molecule has 0 atom stereocenters. The number of benzene rings is 1. The van der Waals surface area contributed by atoms with Crippen molar-refractivity contribution >= 4 is 15.7 Å². The molecule has 1 aromatic rings. The van der Waals surface area contributed by atoms with E-state index in [1.165, 1.54) is 6.92 Å². The molecule has 1 aromatic carbocycles. The van der Waals surface area contributed by atoms with E-state index in [-0.39, 0.29) is 17.0 Å². The van der Waals surface area contributed by atoms with E-state index >= 15 is 0 Å². The molecule has 0 saturated carbocycles. The number of rotatable bonds is 6. The lowest BCUT2D eigenvalue weighted by molar-refractivity contribution is -0.387. The minimum atomic E-state index is -3.90. The Morgan fingerprint density at radius 3 is 2.65 bits per heavy atom. The van der Waals surface area contributed by atoms with Crippen LogP contribution in [0.15, 0.2) is 29.2 Å². The lowest BCUT2D eigenvalue weighted by Gasteiger charge is -2.08. The summed E-state index contributed by atoms with van der Waals surface area (Å²) >= 11 is 0. The smallest absolute Gasteiger partial charge is 0.258 e. The SMILES string of the molecule is C/C=C/CCNS(=O)(=O)c1cc([N+](=O)[O-])c(F)cc1C. The van der Waals surface area contributed by atoms with Crippen LogP contribution in [0.1, 0.15) is 18.9 Å². The van der Waals surface area contributed by atoms with E-state index < -0.39 is 26.5 Å². The molecule has 0 aliphatic carbocycles. The van der Waals surface area contributed by atoms with Gasteiger partial charge in [-0.3, -0.25) is 10.1 Å². The van der Waals surface area contributed by atoms with Gasteiger partial charge in [-0.1, -0.05) is 12.2 Å². The Morgan fingerprint density at radius 1 is 1.45 bits per heavy atom. The van der Waals surface area contributed by atoms with Gasteiger partial charge in [-0.15, -0.1) is 0 Å². The molecule has 0 saturated heterocycles. The molecule has 6 nitrogen and oxygen atoms in total. The number of nitro benzene ring substituents is 1. The zero-order valence-corrected chi connectivity index (χ0v) is 11.9. The van der Waals surface area contributed by atoms with Crippen molar-refractivity contribution < 1.29 is 17.7 Å². The lowest BCUT2D eigenvalue weighted by atomic mass is 10.2. The van der Waals surface area contributed by atoms with Crippen molar-refractivity contribution in [1.82, 2.24) is 4.72 Å². The molecule has 0 amide bonds. The molecule has 0 aliphatic heterocycles. The van der Waals surface area contributed by atoms with Gasteiger partial charge in [-0.05, 0) is 31.9 Å². The van der Waals surface area contributed by atoms with Crippen LogP contribution in [0.25, 0.3) is 0 Å². The Balaban J connectivity index is 3.11. The molecule has 0 heterocycles. The highest BCUT2D eigenvalue weighted by Gasteiger charge is 2.23. The van der Waals surface area contributed by atoms with Crippen LogP contribution in [0.3, 0.4) is 0 Å². The Bertz CT molecular complexity index is 641. The third kappa shape index (κ3) is 3.84. The van der Waals surface area contributed by atoms with Crippen LogP contribution in [0.4, 0.5) is 10.1 Å². The number of nitro groups is 1. The third-order valence-corrected chi connectivity index (χ3v) is 4.17. The maximum atomic E-state index is 13.4. The average Bonchev–Trinajstić information content (AvgIpc) is 2.33. The molecule has 110 valence electrons. The molecular formula is C12H15FN2O4S. The highest BCUT2D eigenvalue weighted by molar-refractivity contribution is 7.89. The van der Waals surface area contributed by atoms with Crippen LogP contribution in [0.2, 0.25) is 0 Å². The van der Waals surface area contributed by atoms with Crippen LogP contribution in [0.5, 0.6) is 0 Å². The van der Waals surface area contributed by atoms with Gasteiger partial charge in [0, 0.05) is 12.6 Å². The van der Waals surface area contributed by atoms with Gasteiger partial charge in [0.25, 0.3) is 0 Å². The summed E-state index contributed by atoms with van der Waals surface area (Å²) in [7, 11) is -3.90. The number of allylic oxidation sites excluding steroid dienone is 1. The minimum Gasteiger partial charge on any atom is -0.258 e. The fourth-order valence-corrected chi connectivity index (χ4v) is 2.88. The first-order valence-electron chi connectivity index (χ1n) is 5.85. The molecule has 0 aromatic heterocycles. The Kier molecular flexibility index (Phi) is 5.34. The topological polar surface area (TPSA) is 89.3 Å². The van der Waals surface area contributed by atoms with Gasteiger partial charge in [-0.25, -0.2) is 13.1 Å². The van der Waals surface area contributed by atoms with Gasteiger partial charge in [0.15, 0.2) is 0 Å². The molecule has 1 rings (SSSR count). The number of aryl methyl sites for hydroxylation is 1. The predicted octanol–water partition coefficient (Wildman–Crippen LogP) is 2.29. The zero-order chi connectivity index (χ0) is 15.3. The molecule has 1 N–H and O–H groups in total. The summed E-state index contributed by atoms with van der Waals surface area (Å²) in [5.74, 6) is -1.06. The van der Waals surface area contributed by atoms with E-state index in [9.17, 15) is 22.9 Å². The van der Waals surface area contributed by atoms with E-state index in [0.29, 0.717) is 6.42 Å². The molecule has 8 heteroatoms. The van der Waals surface area contributed by atoms with E-state index in [0.717, 1.165) is 12.1 Å². The summed E-state index contributed by atoms with van der Waals surface area (Å²) < 4.78 is 39.7. The summed E-state index contributed by atoms with van der Waals surface area (Å²) in [5, 5.41) is 10.7. The molecular weight excluding hydrogens is 287 g/mol. The lowest BCUT2D eigenvalue weighted by Crippen LogP contribution is -2.25. The second kappa shape index (κ2) is 6.58. The van der Waals surface area contributed by atoms with Gasteiger partial charge in [0.05, 0.1) is 9.82 Å². The van der Waals surface area contributed by atoms with Crippen LogP contribution >= 0.6 is 0 Å². The number of nitrogens with zero attached hydrogens (tertiary/aromatic N) is 1. The maximum absolute atomic E-state index is 13.4. The summed E-state index contributed by atoms with van der Waals surface area (Å²) in [4.78, 5) is 9.42. The summed E-state index contributed by atoms with van der Waals surface area (Å²) in [5.41, 5.74) is -0.740.